The van der Waals surface area contributed by atoms with Crippen LogP contribution in [-0.4, -0.2) is 16.1 Å². The van der Waals surface area contributed by atoms with Crippen LogP contribution in [0.1, 0.15) is 52.0 Å². The molecule has 3 nitrogen and oxygen atoms in total. The Bertz CT molecular complexity index is 506. The molecular formula is C12H12F3NO2S. The van der Waals surface area contributed by atoms with E-state index in [0.717, 1.165) is 25.7 Å². The summed E-state index contributed by atoms with van der Waals surface area (Å²) in [5.41, 5.74) is -1.23. The monoisotopic (exact) mass is 291 g/mol. The highest BCUT2D eigenvalue weighted by molar-refractivity contribution is 7.13. The fourth-order valence-electron chi connectivity index (χ4n) is 2.52. The van der Waals surface area contributed by atoms with Gasteiger partial charge >= 0.3 is 12.1 Å². The van der Waals surface area contributed by atoms with Crippen molar-refractivity contribution in [3.05, 3.63) is 15.6 Å². The molecule has 3 rings (SSSR count). The molecule has 2 aliphatic carbocycles. The molecule has 0 spiro atoms. The number of hydrogen-bond acceptors (Lipinski definition) is 3. The standard InChI is InChI=1S/C12H12F3NO2S/c13-12(14,15)9-8(11(17)18)19-10(16-9)7(5-1-2-5)6-3-4-6/h5-7H,1-4H2,(H,17,18). The summed E-state index contributed by atoms with van der Waals surface area (Å²) in [5, 5.41) is 9.27. The van der Waals surface area contributed by atoms with Crippen molar-refractivity contribution >= 4 is 17.3 Å². The molecule has 2 fully saturated rings. The lowest BCUT2D eigenvalue weighted by atomic mass is 9.99. The second kappa shape index (κ2) is 4.19. The van der Waals surface area contributed by atoms with Crippen LogP contribution in [-0.2, 0) is 6.18 Å². The van der Waals surface area contributed by atoms with E-state index in [2.05, 4.69) is 4.98 Å². The quantitative estimate of drug-likeness (QED) is 0.918. The summed E-state index contributed by atoms with van der Waals surface area (Å²) in [5.74, 6) is -0.691. The first-order valence-corrected chi connectivity index (χ1v) is 7.00. The van der Waals surface area contributed by atoms with Crippen LogP contribution in [0.5, 0.6) is 0 Å². The Balaban J connectivity index is 2.00. The smallest absolute Gasteiger partial charge is 0.435 e. The molecule has 2 saturated carbocycles. The molecule has 0 aliphatic heterocycles. The number of carboxylic acids is 1. The van der Waals surface area contributed by atoms with Crippen LogP contribution in [0.25, 0.3) is 0 Å². The number of thiazole rings is 1. The summed E-state index contributed by atoms with van der Waals surface area (Å²) in [7, 11) is 0. The summed E-state index contributed by atoms with van der Waals surface area (Å²) >= 11 is 0.709. The Hall–Kier alpha value is -1.11. The molecule has 0 radical (unpaired) electrons. The van der Waals surface area contributed by atoms with Gasteiger partial charge in [0.2, 0.25) is 0 Å². The SMILES string of the molecule is O=C(O)c1sc(C(C2CC2)C2CC2)nc1C(F)(F)F. The first kappa shape index (κ1) is 12.9. The Morgan fingerprint density at radius 3 is 2.11 bits per heavy atom. The van der Waals surface area contributed by atoms with Crippen molar-refractivity contribution in [1.82, 2.24) is 4.98 Å². The summed E-state index contributed by atoms with van der Waals surface area (Å²) < 4.78 is 38.4. The minimum atomic E-state index is -4.69. The predicted octanol–water partition coefficient (Wildman–Crippen LogP) is 3.76. The van der Waals surface area contributed by atoms with E-state index < -0.39 is 22.7 Å². The van der Waals surface area contributed by atoms with Gasteiger partial charge in [0.15, 0.2) is 5.69 Å². The molecule has 1 N–H and O–H groups in total. The zero-order valence-electron chi connectivity index (χ0n) is 9.91. The van der Waals surface area contributed by atoms with Crippen molar-refractivity contribution in [3.63, 3.8) is 0 Å². The van der Waals surface area contributed by atoms with Crippen molar-refractivity contribution in [1.29, 1.82) is 0 Å². The van der Waals surface area contributed by atoms with Crippen molar-refractivity contribution in [2.75, 3.05) is 0 Å². The molecule has 1 aromatic heterocycles. The summed E-state index contributed by atoms with van der Waals surface area (Å²) in [4.78, 5) is 13.9. The molecule has 2 aliphatic rings. The second-order valence-electron chi connectivity index (χ2n) is 5.23. The van der Waals surface area contributed by atoms with E-state index in [0.29, 0.717) is 28.2 Å². The fraction of sp³-hybridized carbons (Fsp3) is 0.667. The van der Waals surface area contributed by atoms with Crippen LogP contribution in [0, 0.1) is 11.8 Å². The van der Waals surface area contributed by atoms with Gasteiger partial charge in [0.25, 0.3) is 0 Å². The van der Waals surface area contributed by atoms with Crippen LogP contribution < -0.4 is 0 Å². The molecule has 0 saturated heterocycles. The third-order valence-electron chi connectivity index (χ3n) is 3.65. The Labute approximate surface area is 111 Å². The summed E-state index contributed by atoms with van der Waals surface area (Å²) in [6.07, 6.45) is -0.621. The number of rotatable bonds is 4. The first-order valence-electron chi connectivity index (χ1n) is 6.19. The minimum absolute atomic E-state index is 0.0409. The summed E-state index contributed by atoms with van der Waals surface area (Å²) in [6.45, 7) is 0. The Kier molecular flexibility index (Phi) is 2.85. The number of nitrogens with zero attached hydrogens (tertiary/aromatic N) is 1. The van der Waals surface area contributed by atoms with Gasteiger partial charge in [0, 0.05) is 5.92 Å². The molecule has 0 atom stereocenters. The topological polar surface area (TPSA) is 50.2 Å². The van der Waals surface area contributed by atoms with Crippen molar-refractivity contribution in [2.45, 2.75) is 37.8 Å². The van der Waals surface area contributed by atoms with Crippen molar-refractivity contribution in [3.8, 4) is 0 Å². The van der Waals surface area contributed by atoms with Gasteiger partial charge in [-0.2, -0.15) is 13.2 Å². The third kappa shape index (κ3) is 2.48. The lowest BCUT2D eigenvalue weighted by Gasteiger charge is -2.11. The third-order valence-corrected chi connectivity index (χ3v) is 4.80. The normalized spacial score (nSPS) is 20.0. The fourth-order valence-corrected chi connectivity index (χ4v) is 3.73. The summed E-state index contributed by atoms with van der Waals surface area (Å²) in [6, 6.07) is 0. The highest BCUT2D eigenvalue weighted by Crippen LogP contribution is 2.55. The molecule has 1 aromatic rings. The van der Waals surface area contributed by atoms with Gasteiger partial charge in [-0.15, -0.1) is 11.3 Å². The van der Waals surface area contributed by atoms with Gasteiger partial charge in [-0.3, -0.25) is 0 Å². The van der Waals surface area contributed by atoms with Gasteiger partial charge in [-0.1, -0.05) is 0 Å². The van der Waals surface area contributed by atoms with E-state index in [1.54, 1.807) is 0 Å². The molecule has 7 heteroatoms. The molecule has 0 aromatic carbocycles. The maximum atomic E-state index is 12.8. The molecular weight excluding hydrogens is 279 g/mol. The average Bonchev–Trinajstić information content (AvgIpc) is 3.18. The van der Waals surface area contributed by atoms with Gasteiger partial charge in [-0.25, -0.2) is 9.78 Å². The van der Waals surface area contributed by atoms with Crippen LogP contribution in [0.3, 0.4) is 0 Å². The molecule has 104 valence electrons. The van der Waals surface area contributed by atoms with Crippen LogP contribution in [0.15, 0.2) is 0 Å². The second-order valence-corrected chi connectivity index (χ2v) is 6.26. The number of aromatic carboxylic acids is 1. The van der Waals surface area contributed by atoms with E-state index in [4.69, 9.17) is 5.11 Å². The first-order chi connectivity index (χ1) is 8.88. The predicted molar refractivity (Wildman–Crippen MR) is 62.3 cm³/mol. The Morgan fingerprint density at radius 2 is 1.79 bits per heavy atom. The Morgan fingerprint density at radius 1 is 1.26 bits per heavy atom. The van der Waals surface area contributed by atoms with E-state index in [1.165, 1.54) is 0 Å². The number of alkyl halides is 3. The van der Waals surface area contributed by atoms with Gasteiger partial charge in [-0.05, 0) is 37.5 Å². The van der Waals surface area contributed by atoms with Crippen LogP contribution in [0.4, 0.5) is 13.2 Å². The lowest BCUT2D eigenvalue weighted by Crippen LogP contribution is -2.12. The minimum Gasteiger partial charge on any atom is -0.477 e. The van der Waals surface area contributed by atoms with E-state index in [9.17, 15) is 18.0 Å². The van der Waals surface area contributed by atoms with Crippen LogP contribution in [0.2, 0.25) is 0 Å². The zero-order chi connectivity index (χ0) is 13.8. The molecule has 1 heterocycles. The van der Waals surface area contributed by atoms with E-state index in [-0.39, 0.29) is 5.92 Å². The van der Waals surface area contributed by atoms with Crippen molar-refractivity contribution in [2.24, 2.45) is 11.8 Å². The largest absolute Gasteiger partial charge is 0.477 e. The lowest BCUT2D eigenvalue weighted by molar-refractivity contribution is -0.141. The van der Waals surface area contributed by atoms with E-state index in [1.807, 2.05) is 0 Å². The van der Waals surface area contributed by atoms with E-state index >= 15 is 0 Å². The molecule has 0 unspecified atom stereocenters. The average molecular weight is 291 g/mol. The van der Waals surface area contributed by atoms with Gasteiger partial charge in [0.1, 0.15) is 4.88 Å². The zero-order valence-corrected chi connectivity index (χ0v) is 10.7. The van der Waals surface area contributed by atoms with Gasteiger partial charge in [0.05, 0.1) is 5.01 Å². The number of hydrogen-bond donors (Lipinski definition) is 1. The highest BCUT2D eigenvalue weighted by Gasteiger charge is 2.47. The molecule has 19 heavy (non-hydrogen) atoms. The molecule has 0 bridgehead atoms. The molecule has 0 amide bonds. The number of aromatic nitrogens is 1. The van der Waals surface area contributed by atoms with Gasteiger partial charge < -0.3 is 5.11 Å². The maximum absolute atomic E-state index is 12.8. The number of halogens is 3. The highest BCUT2D eigenvalue weighted by atomic mass is 32.1. The van der Waals surface area contributed by atoms with Crippen molar-refractivity contribution < 1.29 is 23.1 Å². The van der Waals surface area contributed by atoms with Crippen LogP contribution >= 0.6 is 11.3 Å². The number of carboxylic acid groups (broad SMARTS) is 1. The number of carbonyl (C=O) groups is 1. The maximum Gasteiger partial charge on any atom is 0.435 e.